The number of H-pyrrole nitrogens is 2. The van der Waals surface area contributed by atoms with Crippen LogP contribution in [0.15, 0.2) is 15.9 Å². The number of hydrogen-bond donors (Lipinski definition) is 4. The van der Waals surface area contributed by atoms with Gasteiger partial charge < -0.3 is 11.1 Å². The molecule has 2 heterocycles. The highest BCUT2D eigenvalue weighted by Gasteiger charge is 2.16. The lowest BCUT2D eigenvalue weighted by atomic mass is 10.3. The summed E-state index contributed by atoms with van der Waals surface area (Å²) in [6.07, 6.45) is 3.10. The molecule has 0 spiro atoms. The lowest BCUT2D eigenvalue weighted by Crippen LogP contribution is -2.34. The Kier molecular flexibility index (Phi) is 4.41. The molecule has 0 bridgehead atoms. The summed E-state index contributed by atoms with van der Waals surface area (Å²) in [5, 5.41) is 9.43. The average Bonchev–Trinajstić information content (AvgIpc) is 2.97. The van der Waals surface area contributed by atoms with Crippen LogP contribution in [0.2, 0.25) is 0 Å². The van der Waals surface area contributed by atoms with Crippen LogP contribution in [0.5, 0.6) is 0 Å². The maximum absolute atomic E-state index is 11.9. The Balaban J connectivity index is 2.34. The molecular weight excluding hydrogens is 274 g/mol. The first-order valence-electron chi connectivity index (χ1n) is 6.79. The fourth-order valence-electron chi connectivity index (χ4n) is 1.97. The summed E-state index contributed by atoms with van der Waals surface area (Å²) in [5.74, 6) is 0.698. The predicted octanol–water partition coefficient (Wildman–Crippen LogP) is 0.210. The number of aromatic amines is 2. The zero-order valence-electron chi connectivity index (χ0n) is 12.0. The third-order valence-corrected chi connectivity index (χ3v) is 3.18. The van der Waals surface area contributed by atoms with Gasteiger partial charge in [-0.15, -0.1) is 0 Å². The van der Waals surface area contributed by atoms with E-state index in [1.807, 2.05) is 6.92 Å². The number of nitrogen functional groups attached to an aromatic ring is 1. The van der Waals surface area contributed by atoms with Crippen molar-refractivity contribution < 1.29 is 0 Å². The average molecular weight is 293 g/mol. The summed E-state index contributed by atoms with van der Waals surface area (Å²) >= 11 is 0. The predicted molar refractivity (Wildman–Crippen MR) is 79.1 cm³/mol. The first-order valence-corrected chi connectivity index (χ1v) is 6.79. The Bertz CT molecular complexity index is 701. The molecule has 0 fully saturated rings. The standard InChI is InChI=1S/C12H19N7O2/c1-3-4-5-19-9(13)8(11(20)17-12(19)21)16-7(2)10-14-6-15-18-10/h6-7,16H,3-5,13H2,1-2H3,(H,14,15,18)(H,17,20,21). The zero-order chi connectivity index (χ0) is 15.4. The number of anilines is 2. The van der Waals surface area contributed by atoms with E-state index in [1.165, 1.54) is 10.9 Å². The first kappa shape index (κ1) is 14.8. The fourth-order valence-corrected chi connectivity index (χ4v) is 1.97. The van der Waals surface area contributed by atoms with E-state index in [4.69, 9.17) is 5.73 Å². The molecule has 0 aromatic carbocycles. The maximum atomic E-state index is 11.9. The van der Waals surface area contributed by atoms with E-state index in [1.54, 1.807) is 6.92 Å². The van der Waals surface area contributed by atoms with Gasteiger partial charge in [0.15, 0.2) is 0 Å². The Morgan fingerprint density at radius 2 is 2.24 bits per heavy atom. The first-order chi connectivity index (χ1) is 10.0. The molecule has 0 aliphatic rings. The van der Waals surface area contributed by atoms with Crippen LogP contribution in [0.3, 0.4) is 0 Å². The summed E-state index contributed by atoms with van der Waals surface area (Å²) in [7, 11) is 0. The van der Waals surface area contributed by atoms with E-state index in [9.17, 15) is 9.59 Å². The molecule has 0 amide bonds. The van der Waals surface area contributed by atoms with Gasteiger partial charge in [0, 0.05) is 6.54 Å². The second-order valence-corrected chi connectivity index (χ2v) is 4.76. The molecule has 2 aromatic rings. The van der Waals surface area contributed by atoms with Crippen molar-refractivity contribution in [2.45, 2.75) is 39.3 Å². The topological polar surface area (TPSA) is 134 Å². The summed E-state index contributed by atoms with van der Waals surface area (Å²) in [6.45, 7) is 4.28. The van der Waals surface area contributed by atoms with Crippen molar-refractivity contribution >= 4 is 11.5 Å². The third kappa shape index (κ3) is 3.12. The van der Waals surface area contributed by atoms with Gasteiger partial charge in [-0.05, 0) is 13.3 Å². The highest BCUT2D eigenvalue weighted by Crippen LogP contribution is 2.17. The molecule has 0 radical (unpaired) electrons. The lowest BCUT2D eigenvalue weighted by molar-refractivity contribution is 0.604. The van der Waals surface area contributed by atoms with Gasteiger partial charge in [-0.1, -0.05) is 13.3 Å². The second-order valence-electron chi connectivity index (χ2n) is 4.76. The van der Waals surface area contributed by atoms with Crippen molar-refractivity contribution in [2.24, 2.45) is 0 Å². The molecule has 21 heavy (non-hydrogen) atoms. The molecule has 1 atom stereocenters. The van der Waals surface area contributed by atoms with Crippen LogP contribution in [0.25, 0.3) is 0 Å². The molecule has 0 saturated heterocycles. The van der Waals surface area contributed by atoms with Gasteiger partial charge in [0.1, 0.15) is 23.7 Å². The Hall–Kier alpha value is -2.58. The van der Waals surface area contributed by atoms with Crippen molar-refractivity contribution in [3.63, 3.8) is 0 Å². The van der Waals surface area contributed by atoms with Crippen LogP contribution >= 0.6 is 0 Å². The summed E-state index contributed by atoms with van der Waals surface area (Å²) in [6, 6.07) is -0.298. The minimum absolute atomic E-state index is 0.128. The van der Waals surface area contributed by atoms with Crippen LogP contribution < -0.4 is 22.3 Å². The Morgan fingerprint density at radius 3 is 2.86 bits per heavy atom. The fraction of sp³-hybridized carbons (Fsp3) is 0.500. The second kappa shape index (κ2) is 6.25. The normalized spacial score (nSPS) is 12.3. The van der Waals surface area contributed by atoms with Crippen molar-refractivity contribution in [1.29, 1.82) is 0 Å². The van der Waals surface area contributed by atoms with Gasteiger partial charge >= 0.3 is 5.69 Å². The van der Waals surface area contributed by atoms with Crippen molar-refractivity contribution in [3.05, 3.63) is 33.0 Å². The quantitative estimate of drug-likeness (QED) is 0.601. The minimum Gasteiger partial charge on any atom is -0.383 e. The number of rotatable bonds is 6. The number of hydrogen-bond acceptors (Lipinski definition) is 6. The molecule has 0 saturated carbocycles. The minimum atomic E-state index is -0.545. The van der Waals surface area contributed by atoms with Gasteiger partial charge in [0.05, 0.1) is 6.04 Å². The van der Waals surface area contributed by atoms with Gasteiger partial charge in [-0.3, -0.25) is 19.4 Å². The van der Waals surface area contributed by atoms with E-state index < -0.39 is 11.2 Å². The van der Waals surface area contributed by atoms with E-state index in [0.29, 0.717) is 12.4 Å². The molecule has 0 aliphatic heterocycles. The SMILES string of the molecule is CCCCn1c(N)c(NC(C)c2ncn[nH]2)c(=O)[nH]c1=O. The molecule has 114 valence electrons. The van der Waals surface area contributed by atoms with Gasteiger partial charge in [-0.2, -0.15) is 5.10 Å². The van der Waals surface area contributed by atoms with Crippen LogP contribution in [0, 0.1) is 0 Å². The van der Waals surface area contributed by atoms with E-state index in [0.717, 1.165) is 12.8 Å². The van der Waals surface area contributed by atoms with Crippen molar-refractivity contribution in [3.8, 4) is 0 Å². The largest absolute Gasteiger partial charge is 0.383 e. The summed E-state index contributed by atoms with van der Waals surface area (Å²) < 4.78 is 1.36. The zero-order valence-corrected chi connectivity index (χ0v) is 12.0. The molecule has 9 nitrogen and oxygen atoms in total. The lowest BCUT2D eigenvalue weighted by Gasteiger charge is -2.16. The number of nitrogens with two attached hydrogens (primary N) is 1. The van der Waals surface area contributed by atoms with Crippen LogP contribution in [0.1, 0.15) is 38.6 Å². The monoisotopic (exact) mass is 293 g/mol. The molecule has 5 N–H and O–H groups in total. The van der Waals surface area contributed by atoms with Gasteiger partial charge in [0.25, 0.3) is 5.56 Å². The molecule has 2 aromatic heterocycles. The van der Waals surface area contributed by atoms with E-state index in [-0.39, 0.29) is 17.5 Å². The van der Waals surface area contributed by atoms with Gasteiger partial charge in [-0.25, -0.2) is 9.78 Å². The smallest absolute Gasteiger partial charge is 0.330 e. The number of aromatic nitrogens is 5. The summed E-state index contributed by atoms with van der Waals surface area (Å²) in [5.41, 5.74) is 5.08. The Labute approximate surface area is 120 Å². The van der Waals surface area contributed by atoms with E-state index >= 15 is 0 Å². The third-order valence-electron chi connectivity index (χ3n) is 3.18. The van der Waals surface area contributed by atoms with Crippen molar-refractivity contribution in [2.75, 3.05) is 11.1 Å². The van der Waals surface area contributed by atoms with Crippen LogP contribution in [0.4, 0.5) is 11.5 Å². The highest BCUT2D eigenvalue weighted by atomic mass is 16.2. The van der Waals surface area contributed by atoms with Gasteiger partial charge in [0.2, 0.25) is 0 Å². The van der Waals surface area contributed by atoms with E-state index in [2.05, 4.69) is 25.5 Å². The van der Waals surface area contributed by atoms with Crippen LogP contribution in [-0.4, -0.2) is 24.7 Å². The highest BCUT2D eigenvalue weighted by molar-refractivity contribution is 5.61. The number of nitrogens with zero attached hydrogens (tertiary/aromatic N) is 3. The molecule has 1 unspecified atom stereocenters. The van der Waals surface area contributed by atoms with Crippen LogP contribution in [-0.2, 0) is 6.54 Å². The molecule has 2 rings (SSSR count). The molecular formula is C12H19N7O2. The summed E-state index contributed by atoms with van der Waals surface area (Å²) in [4.78, 5) is 30.0. The molecule has 9 heteroatoms. The number of unbranched alkanes of at least 4 members (excludes halogenated alkanes) is 1. The Morgan fingerprint density at radius 1 is 1.48 bits per heavy atom. The maximum Gasteiger partial charge on any atom is 0.330 e. The molecule has 0 aliphatic carbocycles. The van der Waals surface area contributed by atoms with Crippen molar-refractivity contribution in [1.82, 2.24) is 24.7 Å². The number of nitrogens with one attached hydrogen (secondary N) is 3.